The first-order valence-corrected chi connectivity index (χ1v) is 19.3. The number of imidazole rings is 1. The molecule has 0 spiro atoms. The summed E-state index contributed by atoms with van der Waals surface area (Å²) in [6, 6.07) is 58.7. The second-order valence-corrected chi connectivity index (χ2v) is 14.4. The van der Waals surface area contributed by atoms with Crippen LogP contribution in [0.1, 0.15) is 22.3 Å². The van der Waals surface area contributed by atoms with E-state index in [4.69, 9.17) is 15.0 Å². The molecule has 0 saturated carbocycles. The number of hydrogen-bond acceptors (Lipinski definition) is 4. The zero-order valence-corrected chi connectivity index (χ0v) is 34.0. The van der Waals surface area contributed by atoms with E-state index in [2.05, 4.69) is 106 Å². The number of aromatic nitrogens is 5. The molecule has 278 valence electrons. The Labute approximate surface area is 351 Å². The van der Waals surface area contributed by atoms with Crippen LogP contribution in [0.25, 0.3) is 72.1 Å². The summed E-state index contributed by atoms with van der Waals surface area (Å²) in [5.74, 6) is 0. The molecule has 5 aromatic carbocycles. The van der Waals surface area contributed by atoms with E-state index in [1.807, 2.05) is 91.8 Å². The van der Waals surface area contributed by atoms with Crippen molar-refractivity contribution in [3.8, 4) is 44.8 Å². The minimum absolute atomic E-state index is 0. The number of nitrogens with zero attached hydrogens (tertiary/aromatic N) is 5. The molecular formula is C52H36IrN5. The first-order valence-electron chi connectivity index (χ1n) is 19.3. The van der Waals surface area contributed by atoms with Gasteiger partial charge in [-0.2, -0.15) is 0 Å². The molecule has 0 aliphatic carbocycles. The molecule has 0 bridgehead atoms. The van der Waals surface area contributed by atoms with Crippen molar-refractivity contribution in [2.45, 2.75) is 25.7 Å². The number of aryl methyl sites for hydroxylation is 4. The van der Waals surface area contributed by atoms with Gasteiger partial charge in [-0.15, -0.1) is 101 Å². The molecule has 5 heterocycles. The van der Waals surface area contributed by atoms with E-state index in [1.54, 1.807) is 0 Å². The minimum atomic E-state index is 0. The van der Waals surface area contributed by atoms with Gasteiger partial charge in [-0.05, 0) is 82.1 Å². The summed E-state index contributed by atoms with van der Waals surface area (Å²) in [6.07, 6.45) is 13.4. The molecule has 0 N–H and O–H groups in total. The molecule has 0 aliphatic heterocycles. The van der Waals surface area contributed by atoms with Crippen molar-refractivity contribution < 1.29 is 20.1 Å². The Hall–Kier alpha value is -6.59. The van der Waals surface area contributed by atoms with E-state index in [-0.39, 0.29) is 20.1 Å². The minimum Gasteiger partial charge on any atom is -0.314 e. The van der Waals surface area contributed by atoms with Crippen LogP contribution in [0.4, 0.5) is 0 Å². The van der Waals surface area contributed by atoms with E-state index < -0.39 is 0 Å². The van der Waals surface area contributed by atoms with E-state index in [0.717, 1.165) is 86.6 Å². The molecule has 5 nitrogen and oxygen atoms in total. The van der Waals surface area contributed by atoms with Gasteiger partial charge in [0.2, 0.25) is 0 Å². The average Bonchev–Trinajstić information content (AvgIpc) is 3.80. The molecule has 10 aromatic rings. The zero-order chi connectivity index (χ0) is 38.0. The molecular weight excluding hydrogens is 887 g/mol. The second kappa shape index (κ2) is 16.5. The number of fused-ring (bicyclic) bond motifs is 6. The van der Waals surface area contributed by atoms with Gasteiger partial charge in [-0.1, -0.05) is 72.1 Å². The molecule has 0 aliphatic rings. The maximum atomic E-state index is 5.07. The van der Waals surface area contributed by atoms with Crippen molar-refractivity contribution in [3.63, 3.8) is 0 Å². The Morgan fingerprint density at radius 1 is 0.466 bits per heavy atom. The van der Waals surface area contributed by atoms with Gasteiger partial charge in [0.15, 0.2) is 0 Å². The van der Waals surface area contributed by atoms with Gasteiger partial charge in [-0.25, -0.2) is 4.98 Å². The summed E-state index contributed by atoms with van der Waals surface area (Å²) < 4.78 is 2.14. The van der Waals surface area contributed by atoms with Gasteiger partial charge in [-0.3, -0.25) is 0 Å². The Bertz CT molecular complexity index is 2890. The molecule has 0 amide bonds. The predicted molar refractivity (Wildman–Crippen MR) is 230 cm³/mol. The molecule has 0 saturated heterocycles. The summed E-state index contributed by atoms with van der Waals surface area (Å²) >= 11 is 0. The fourth-order valence-corrected chi connectivity index (χ4v) is 7.85. The van der Waals surface area contributed by atoms with Gasteiger partial charge < -0.3 is 19.4 Å². The largest absolute Gasteiger partial charge is 3.00 e. The number of benzene rings is 5. The Kier molecular flexibility index (Phi) is 10.5. The second-order valence-electron chi connectivity index (χ2n) is 14.4. The molecule has 0 fully saturated rings. The van der Waals surface area contributed by atoms with Gasteiger partial charge in [0.25, 0.3) is 0 Å². The summed E-state index contributed by atoms with van der Waals surface area (Å²) in [5, 5.41) is 2.10. The summed E-state index contributed by atoms with van der Waals surface area (Å²) in [6.45, 7) is 0. The maximum Gasteiger partial charge on any atom is 3.00 e. The molecule has 10 rings (SSSR count). The molecule has 0 radical (unpaired) electrons. The molecule has 58 heavy (non-hydrogen) atoms. The smallest absolute Gasteiger partial charge is 0.314 e. The van der Waals surface area contributed by atoms with Crippen LogP contribution >= 0.6 is 0 Å². The van der Waals surface area contributed by atoms with Gasteiger partial charge >= 0.3 is 20.1 Å². The van der Waals surface area contributed by atoms with Crippen LogP contribution in [0.3, 0.4) is 0 Å². The standard InChI is InChI=1S/C52H36N5.Ir/c1-3-11-40(12-4-1)48-25-23-36(31-54-48)19-21-38-27-39(22-20-37-24-26-49(55-32-37)41-13-5-2-6-14-41)29-42(28-38)44-15-7-8-16-45(44)43-30-50-52(56-33-43)47-18-10-9-17-46(47)51-34-53-35-57(50)51;/h1-11,13,15-17,23-35H,19-22H2;/q-3;+3. The van der Waals surface area contributed by atoms with Crippen molar-refractivity contribution in [2.75, 3.05) is 0 Å². The van der Waals surface area contributed by atoms with E-state index in [0.29, 0.717) is 0 Å². The zero-order valence-electron chi connectivity index (χ0n) is 31.6. The Balaban J connectivity index is 0.00000436. The monoisotopic (exact) mass is 923 g/mol. The molecule has 5 aromatic heterocycles. The van der Waals surface area contributed by atoms with Gasteiger partial charge in [0.05, 0.1) is 6.33 Å². The number of pyridine rings is 4. The predicted octanol–water partition coefficient (Wildman–Crippen LogP) is 11.5. The third-order valence-electron chi connectivity index (χ3n) is 10.8. The average molecular weight is 923 g/mol. The summed E-state index contributed by atoms with van der Waals surface area (Å²) in [5.41, 5.74) is 16.4. The fraction of sp³-hybridized carbons (Fsp3) is 0.0769. The third kappa shape index (κ3) is 7.48. The van der Waals surface area contributed by atoms with E-state index >= 15 is 0 Å². The molecule has 0 atom stereocenters. The van der Waals surface area contributed by atoms with Crippen LogP contribution in [0, 0.1) is 18.2 Å². The van der Waals surface area contributed by atoms with Crippen LogP contribution in [0.2, 0.25) is 0 Å². The van der Waals surface area contributed by atoms with Crippen molar-refractivity contribution in [1.29, 1.82) is 0 Å². The van der Waals surface area contributed by atoms with Crippen molar-refractivity contribution in [2.24, 2.45) is 0 Å². The Morgan fingerprint density at radius 2 is 1.07 bits per heavy atom. The van der Waals surface area contributed by atoms with Crippen molar-refractivity contribution in [1.82, 2.24) is 24.3 Å². The number of hydrogen-bond donors (Lipinski definition) is 0. The van der Waals surface area contributed by atoms with Crippen LogP contribution in [0.5, 0.6) is 0 Å². The van der Waals surface area contributed by atoms with Crippen LogP contribution in [-0.2, 0) is 45.8 Å². The molecule has 6 heteroatoms. The quantitative estimate of drug-likeness (QED) is 0.101. The van der Waals surface area contributed by atoms with Crippen molar-refractivity contribution in [3.05, 3.63) is 211 Å². The van der Waals surface area contributed by atoms with E-state index in [9.17, 15) is 0 Å². The molecule has 0 unspecified atom stereocenters. The first-order chi connectivity index (χ1) is 28.2. The SMILES string of the molecule is [Ir+3].[c-]1ccccc1-c1ccc(CCc2cc(CCc3ccc(-c4[c-]cccc4)nc3)cc(-c3ccccc3-c3cnc4c5[c-]cccc5c5cncn5c4c3)c2)cn1. The number of rotatable bonds is 10. The fourth-order valence-electron chi connectivity index (χ4n) is 7.85. The van der Waals surface area contributed by atoms with Crippen LogP contribution in [-0.4, -0.2) is 24.3 Å². The Morgan fingerprint density at radius 3 is 1.67 bits per heavy atom. The first kappa shape index (κ1) is 37.0. The summed E-state index contributed by atoms with van der Waals surface area (Å²) in [7, 11) is 0. The normalized spacial score (nSPS) is 11.2. The van der Waals surface area contributed by atoms with E-state index in [1.165, 1.54) is 33.4 Å². The van der Waals surface area contributed by atoms with Crippen molar-refractivity contribution >= 4 is 27.3 Å². The third-order valence-corrected chi connectivity index (χ3v) is 10.8. The topological polar surface area (TPSA) is 56.0 Å². The van der Waals surface area contributed by atoms with Gasteiger partial charge in [0, 0.05) is 46.9 Å². The van der Waals surface area contributed by atoms with Gasteiger partial charge in [0.1, 0.15) is 0 Å². The van der Waals surface area contributed by atoms with Crippen LogP contribution in [0.15, 0.2) is 171 Å². The summed E-state index contributed by atoms with van der Waals surface area (Å²) in [4.78, 5) is 19.1. The maximum absolute atomic E-state index is 5.07. The van der Waals surface area contributed by atoms with Crippen LogP contribution < -0.4 is 0 Å².